The summed E-state index contributed by atoms with van der Waals surface area (Å²) in [6.07, 6.45) is 0. The monoisotopic (exact) mass is 316 g/mol. The van der Waals surface area contributed by atoms with E-state index in [-0.39, 0.29) is 16.3 Å². The Morgan fingerprint density at radius 1 is 1.14 bits per heavy atom. The highest BCUT2D eigenvalue weighted by Gasteiger charge is 2.22. The fraction of sp³-hybridized carbons (Fsp3) is 0.231. The molecule has 2 N–H and O–H groups in total. The lowest BCUT2D eigenvalue weighted by atomic mass is 10.3. The van der Waals surface area contributed by atoms with Crippen LogP contribution in [0.15, 0.2) is 33.6 Å². The van der Waals surface area contributed by atoms with E-state index in [1.54, 1.807) is 7.05 Å². The molecule has 1 aromatic carbocycles. The lowest BCUT2D eigenvalue weighted by Gasteiger charge is -2.07. The number of rotatable bonds is 5. The van der Waals surface area contributed by atoms with Crippen LogP contribution in [0.4, 0.5) is 14.5 Å². The van der Waals surface area contributed by atoms with Crippen LogP contribution >= 0.6 is 0 Å². The van der Waals surface area contributed by atoms with Gasteiger partial charge in [0.25, 0.3) is 10.0 Å². The first-order valence-corrected chi connectivity index (χ1v) is 7.53. The van der Waals surface area contributed by atoms with E-state index < -0.39 is 21.7 Å². The molecule has 21 heavy (non-hydrogen) atoms. The minimum Gasteiger partial charge on any atom is -0.464 e. The summed E-state index contributed by atoms with van der Waals surface area (Å²) in [7, 11) is -2.29. The average Bonchev–Trinajstić information content (AvgIpc) is 2.69. The molecule has 0 aliphatic heterocycles. The fourth-order valence-electron chi connectivity index (χ4n) is 1.88. The highest BCUT2D eigenvalue weighted by atomic mass is 32.2. The smallest absolute Gasteiger partial charge is 0.265 e. The Balaban J connectivity index is 2.33. The topological polar surface area (TPSA) is 71.3 Å². The third-order valence-electron chi connectivity index (χ3n) is 2.68. The van der Waals surface area contributed by atoms with Crippen LogP contribution in [-0.4, -0.2) is 15.5 Å². The van der Waals surface area contributed by atoms with Gasteiger partial charge in [-0.15, -0.1) is 0 Å². The molecule has 2 rings (SSSR count). The summed E-state index contributed by atoms with van der Waals surface area (Å²) in [6.45, 7) is 1.87. The summed E-state index contributed by atoms with van der Waals surface area (Å²) in [5, 5.41) is 2.83. The highest BCUT2D eigenvalue weighted by molar-refractivity contribution is 7.92. The Morgan fingerprint density at radius 3 is 2.33 bits per heavy atom. The van der Waals surface area contributed by atoms with Gasteiger partial charge in [-0.05, 0) is 26.1 Å². The number of furan rings is 1. The van der Waals surface area contributed by atoms with Gasteiger partial charge in [-0.1, -0.05) is 0 Å². The molecular weight excluding hydrogens is 302 g/mol. The zero-order valence-electron chi connectivity index (χ0n) is 11.4. The van der Waals surface area contributed by atoms with E-state index in [0.717, 1.165) is 12.1 Å². The van der Waals surface area contributed by atoms with Crippen LogP contribution in [0.2, 0.25) is 0 Å². The first-order chi connectivity index (χ1) is 9.81. The van der Waals surface area contributed by atoms with Crippen LogP contribution in [-0.2, 0) is 16.6 Å². The van der Waals surface area contributed by atoms with E-state index in [2.05, 4.69) is 10.0 Å². The molecule has 0 fully saturated rings. The Hall–Kier alpha value is -1.93. The van der Waals surface area contributed by atoms with Crippen molar-refractivity contribution in [3.05, 3.63) is 47.4 Å². The lowest BCUT2D eigenvalue weighted by Crippen LogP contribution is -2.13. The van der Waals surface area contributed by atoms with Crippen molar-refractivity contribution in [1.82, 2.24) is 5.32 Å². The molecule has 0 atom stereocenters. The van der Waals surface area contributed by atoms with Gasteiger partial charge < -0.3 is 9.73 Å². The van der Waals surface area contributed by atoms with Crippen molar-refractivity contribution in [2.75, 3.05) is 11.8 Å². The molecule has 0 saturated heterocycles. The Morgan fingerprint density at radius 2 is 1.76 bits per heavy atom. The van der Waals surface area contributed by atoms with Crippen LogP contribution in [0.3, 0.4) is 0 Å². The Bertz CT molecular complexity index is 737. The van der Waals surface area contributed by atoms with Crippen molar-refractivity contribution in [2.24, 2.45) is 0 Å². The summed E-state index contributed by atoms with van der Waals surface area (Å²) in [4.78, 5) is -0.0718. The van der Waals surface area contributed by atoms with Gasteiger partial charge in [0.2, 0.25) is 0 Å². The van der Waals surface area contributed by atoms with Crippen molar-refractivity contribution < 1.29 is 21.6 Å². The van der Waals surface area contributed by atoms with Gasteiger partial charge >= 0.3 is 0 Å². The van der Waals surface area contributed by atoms with Gasteiger partial charge in [-0.2, -0.15) is 0 Å². The number of benzene rings is 1. The maximum absolute atomic E-state index is 13.1. The summed E-state index contributed by atoms with van der Waals surface area (Å²) in [5.74, 6) is -1.09. The summed E-state index contributed by atoms with van der Waals surface area (Å²) >= 11 is 0. The minimum atomic E-state index is -3.98. The van der Waals surface area contributed by atoms with Gasteiger partial charge in [0.15, 0.2) is 0 Å². The van der Waals surface area contributed by atoms with Gasteiger partial charge in [-0.25, -0.2) is 17.2 Å². The first kappa shape index (κ1) is 15.5. The molecule has 0 aliphatic carbocycles. The fourth-order valence-corrected chi connectivity index (χ4v) is 3.12. The summed E-state index contributed by atoms with van der Waals surface area (Å²) < 4.78 is 58.0. The van der Waals surface area contributed by atoms with Crippen LogP contribution in [0.1, 0.15) is 11.5 Å². The number of halogens is 2. The summed E-state index contributed by atoms with van der Waals surface area (Å²) in [5.41, 5.74) is -0.191. The van der Waals surface area contributed by atoms with Gasteiger partial charge in [0.1, 0.15) is 28.1 Å². The van der Waals surface area contributed by atoms with Crippen LogP contribution in [0.25, 0.3) is 0 Å². The average molecular weight is 316 g/mol. The molecule has 8 heteroatoms. The van der Waals surface area contributed by atoms with Gasteiger partial charge in [0, 0.05) is 12.1 Å². The quantitative estimate of drug-likeness (QED) is 0.888. The van der Waals surface area contributed by atoms with Crippen molar-refractivity contribution in [1.29, 1.82) is 0 Å². The zero-order chi connectivity index (χ0) is 15.6. The standard InChI is InChI=1S/C13H14F2N2O3S/c1-8-13(6-12(20-8)7-16-2)21(18,19)17-11-4-9(14)3-10(15)5-11/h3-6,16-17H,7H2,1-2H3. The molecule has 5 nitrogen and oxygen atoms in total. The number of hydrogen-bond donors (Lipinski definition) is 2. The zero-order valence-corrected chi connectivity index (χ0v) is 12.2. The molecule has 0 saturated carbocycles. The maximum atomic E-state index is 13.1. The molecule has 0 unspecified atom stereocenters. The lowest BCUT2D eigenvalue weighted by molar-refractivity contribution is 0.466. The van der Waals surface area contributed by atoms with Crippen molar-refractivity contribution in [3.8, 4) is 0 Å². The van der Waals surface area contributed by atoms with Crippen molar-refractivity contribution in [3.63, 3.8) is 0 Å². The second-order valence-corrected chi connectivity index (χ2v) is 6.08. The van der Waals surface area contributed by atoms with Crippen LogP contribution in [0.5, 0.6) is 0 Å². The van der Waals surface area contributed by atoms with Crippen LogP contribution < -0.4 is 10.0 Å². The van der Waals surface area contributed by atoms with Crippen molar-refractivity contribution >= 4 is 15.7 Å². The number of anilines is 1. The Kier molecular flexibility index (Phi) is 4.29. The van der Waals surface area contributed by atoms with E-state index in [0.29, 0.717) is 18.4 Å². The van der Waals surface area contributed by atoms with Crippen molar-refractivity contribution in [2.45, 2.75) is 18.4 Å². The number of nitrogens with one attached hydrogen (secondary N) is 2. The number of sulfonamides is 1. The molecule has 0 spiro atoms. The molecular formula is C13H14F2N2O3S. The summed E-state index contributed by atoms with van der Waals surface area (Å²) in [6, 6.07) is 3.81. The second kappa shape index (κ2) is 5.82. The Labute approximate surface area is 121 Å². The SMILES string of the molecule is CNCc1cc(S(=O)(=O)Nc2cc(F)cc(F)c2)c(C)o1. The molecule has 1 aromatic heterocycles. The molecule has 0 bridgehead atoms. The first-order valence-electron chi connectivity index (χ1n) is 6.04. The number of hydrogen-bond acceptors (Lipinski definition) is 4. The van der Waals surface area contributed by atoms with E-state index in [4.69, 9.17) is 4.42 Å². The minimum absolute atomic E-state index is 0.0718. The third-order valence-corrected chi connectivity index (χ3v) is 4.17. The predicted octanol–water partition coefficient (Wildman–Crippen LogP) is 2.39. The largest absolute Gasteiger partial charge is 0.464 e. The molecule has 2 aromatic rings. The molecule has 1 heterocycles. The van der Waals surface area contributed by atoms with E-state index >= 15 is 0 Å². The predicted molar refractivity (Wildman–Crippen MR) is 73.4 cm³/mol. The van der Waals surface area contributed by atoms with Crippen LogP contribution in [0, 0.1) is 18.6 Å². The highest BCUT2D eigenvalue weighted by Crippen LogP contribution is 2.23. The number of aryl methyl sites for hydroxylation is 1. The third kappa shape index (κ3) is 3.59. The van der Waals surface area contributed by atoms with E-state index in [9.17, 15) is 17.2 Å². The molecule has 114 valence electrons. The second-order valence-electron chi connectivity index (χ2n) is 4.43. The van der Waals surface area contributed by atoms with E-state index in [1.807, 2.05) is 0 Å². The molecule has 0 aliphatic rings. The maximum Gasteiger partial charge on any atom is 0.265 e. The molecule has 0 radical (unpaired) electrons. The van der Waals surface area contributed by atoms with E-state index in [1.165, 1.54) is 13.0 Å². The normalized spacial score (nSPS) is 11.6. The van der Waals surface area contributed by atoms with Gasteiger partial charge in [-0.3, -0.25) is 4.72 Å². The molecule has 0 amide bonds. The van der Waals surface area contributed by atoms with Gasteiger partial charge in [0.05, 0.1) is 12.2 Å².